The topological polar surface area (TPSA) is 50.6 Å². The van der Waals surface area contributed by atoms with Gasteiger partial charge in [-0.25, -0.2) is 9.07 Å². The molecule has 1 amide bonds. The smallest absolute Gasteiger partial charge is 0.274 e. The molecule has 0 radical (unpaired) electrons. The molecule has 2 heterocycles. The third-order valence-electron chi connectivity index (χ3n) is 5.59. The van der Waals surface area contributed by atoms with Gasteiger partial charge in [-0.1, -0.05) is 23.7 Å². The quantitative estimate of drug-likeness (QED) is 0.555. The van der Waals surface area contributed by atoms with Crippen LogP contribution in [0.3, 0.4) is 0 Å². The first-order chi connectivity index (χ1) is 15.4. The van der Waals surface area contributed by atoms with Gasteiger partial charge in [0.05, 0.1) is 0 Å². The Morgan fingerprint density at radius 3 is 2.50 bits per heavy atom. The van der Waals surface area contributed by atoms with Gasteiger partial charge in [0.1, 0.15) is 11.6 Å². The van der Waals surface area contributed by atoms with Crippen LogP contribution in [0.5, 0.6) is 5.75 Å². The Morgan fingerprint density at radius 2 is 1.81 bits per heavy atom. The zero-order valence-electron chi connectivity index (χ0n) is 18.2. The molecule has 0 aliphatic carbocycles. The van der Waals surface area contributed by atoms with E-state index in [1.807, 2.05) is 36.9 Å². The van der Waals surface area contributed by atoms with Gasteiger partial charge in [0.2, 0.25) is 0 Å². The van der Waals surface area contributed by atoms with Gasteiger partial charge < -0.3 is 9.64 Å². The van der Waals surface area contributed by atoms with Crippen molar-refractivity contribution in [3.8, 4) is 5.75 Å². The predicted molar refractivity (Wildman–Crippen MR) is 121 cm³/mol. The number of rotatable bonds is 6. The van der Waals surface area contributed by atoms with Crippen LogP contribution in [0, 0.1) is 19.7 Å². The van der Waals surface area contributed by atoms with Crippen molar-refractivity contribution in [1.29, 1.82) is 0 Å². The van der Waals surface area contributed by atoms with Gasteiger partial charge in [0, 0.05) is 43.9 Å². The standard InChI is InChI=1S/C24H26ClFN4O2/c1-17-12-21(13-18(2)23(17)25)32-16-30-7-6-22(27-30)24(31)29-10-8-28(9-11-29)15-19-4-3-5-20(26)14-19/h3-7,12-14H,8-11,15-16H2,1-2H3. The number of hydrogen-bond acceptors (Lipinski definition) is 4. The minimum atomic E-state index is -0.225. The van der Waals surface area contributed by atoms with Crippen molar-refractivity contribution in [2.75, 3.05) is 26.2 Å². The summed E-state index contributed by atoms with van der Waals surface area (Å²) >= 11 is 6.20. The normalized spacial score (nSPS) is 14.6. The third-order valence-corrected chi connectivity index (χ3v) is 6.18. The number of benzene rings is 2. The fourth-order valence-corrected chi connectivity index (χ4v) is 3.95. The van der Waals surface area contributed by atoms with E-state index in [0.29, 0.717) is 31.1 Å². The molecule has 1 aliphatic rings. The van der Waals surface area contributed by atoms with Crippen LogP contribution in [0.2, 0.25) is 5.02 Å². The molecule has 1 aliphatic heterocycles. The highest BCUT2D eigenvalue weighted by Crippen LogP contribution is 2.26. The molecule has 0 atom stereocenters. The van der Waals surface area contributed by atoms with Crippen molar-refractivity contribution in [2.24, 2.45) is 0 Å². The molecule has 1 fully saturated rings. The Hall–Kier alpha value is -2.90. The number of piperazine rings is 1. The van der Waals surface area contributed by atoms with E-state index in [1.54, 1.807) is 29.1 Å². The molecule has 4 rings (SSSR count). The lowest BCUT2D eigenvalue weighted by atomic mass is 10.1. The van der Waals surface area contributed by atoms with Crippen molar-refractivity contribution < 1.29 is 13.9 Å². The summed E-state index contributed by atoms with van der Waals surface area (Å²) in [4.78, 5) is 16.9. The second-order valence-electron chi connectivity index (χ2n) is 8.08. The molecule has 0 spiro atoms. The Balaban J connectivity index is 1.29. The Labute approximate surface area is 192 Å². The highest BCUT2D eigenvalue weighted by atomic mass is 35.5. The molecule has 1 aromatic heterocycles. The van der Waals surface area contributed by atoms with Crippen LogP contribution < -0.4 is 4.74 Å². The maximum atomic E-state index is 13.4. The molecule has 0 unspecified atom stereocenters. The van der Waals surface area contributed by atoms with E-state index in [-0.39, 0.29) is 18.5 Å². The summed E-state index contributed by atoms with van der Waals surface area (Å²) < 4.78 is 20.8. The first kappa shape index (κ1) is 22.3. The maximum Gasteiger partial charge on any atom is 0.274 e. The van der Waals surface area contributed by atoms with Gasteiger partial charge in [0.25, 0.3) is 5.91 Å². The zero-order chi connectivity index (χ0) is 22.7. The van der Waals surface area contributed by atoms with E-state index >= 15 is 0 Å². The fourth-order valence-electron chi connectivity index (χ4n) is 3.84. The molecule has 2 aromatic carbocycles. The van der Waals surface area contributed by atoms with Crippen LogP contribution in [-0.2, 0) is 13.3 Å². The SMILES string of the molecule is Cc1cc(OCn2ccc(C(=O)N3CCN(Cc4cccc(F)c4)CC3)n2)cc(C)c1Cl. The van der Waals surface area contributed by atoms with Crippen molar-refractivity contribution in [1.82, 2.24) is 19.6 Å². The number of aryl methyl sites for hydroxylation is 2. The van der Waals surface area contributed by atoms with E-state index in [9.17, 15) is 9.18 Å². The first-order valence-electron chi connectivity index (χ1n) is 10.6. The monoisotopic (exact) mass is 456 g/mol. The number of nitrogens with zero attached hydrogens (tertiary/aromatic N) is 4. The number of carbonyl (C=O) groups is 1. The van der Waals surface area contributed by atoms with Crippen LogP contribution in [0.4, 0.5) is 4.39 Å². The molecule has 0 bridgehead atoms. The molecule has 6 nitrogen and oxygen atoms in total. The minimum absolute atomic E-state index is 0.0904. The van der Waals surface area contributed by atoms with Crippen molar-refractivity contribution in [2.45, 2.75) is 27.1 Å². The Bertz CT molecular complexity index is 1090. The number of ether oxygens (including phenoxy) is 1. The summed E-state index contributed by atoms with van der Waals surface area (Å²) in [6.07, 6.45) is 1.74. The Kier molecular flexibility index (Phi) is 6.77. The van der Waals surface area contributed by atoms with Crippen LogP contribution in [0.1, 0.15) is 27.2 Å². The summed E-state index contributed by atoms with van der Waals surface area (Å²) in [7, 11) is 0. The molecule has 32 heavy (non-hydrogen) atoms. The van der Waals surface area contributed by atoms with E-state index < -0.39 is 0 Å². The van der Waals surface area contributed by atoms with Gasteiger partial charge in [-0.2, -0.15) is 5.10 Å². The minimum Gasteiger partial charge on any atom is -0.471 e. The van der Waals surface area contributed by atoms with Gasteiger partial charge >= 0.3 is 0 Å². The fraction of sp³-hybridized carbons (Fsp3) is 0.333. The predicted octanol–water partition coefficient (Wildman–Crippen LogP) is 4.29. The highest BCUT2D eigenvalue weighted by molar-refractivity contribution is 6.32. The van der Waals surface area contributed by atoms with Gasteiger partial charge in [-0.3, -0.25) is 9.69 Å². The molecule has 3 aromatic rings. The number of halogens is 2. The summed E-state index contributed by atoms with van der Waals surface area (Å²) in [5.74, 6) is 0.395. The lowest BCUT2D eigenvalue weighted by Gasteiger charge is -2.34. The van der Waals surface area contributed by atoms with E-state index in [4.69, 9.17) is 16.3 Å². The first-order valence-corrected chi connectivity index (χ1v) is 11.0. The third kappa shape index (κ3) is 5.29. The summed E-state index contributed by atoms with van der Waals surface area (Å²) in [6.45, 7) is 7.45. The molecule has 168 valence electrons. The highest BCUT2D eigenvalue weighted by Gasteiger charge is 2.23. The van der Waals surface area contributed by atoms with E-state index in [2.05, 4.69) is 10.00 Å². The molecule has 0 saturated carbocycles. The second kappa shape index (κ2) is 9.71. The van der Waals surface area contributed by atoms with Gasteiger partial charge in [0.15, 0.2) is 12.4 Å². The Morgan fingerprint density at radius 1 is 1.09 bits per heavy atom. The average molecular weight is 457 g/mol. The molecule has 8 heteroatoms. The van der Waals surface area contributed by atoms with Crippen molar-refractivity contribution in [3.63, 3.8) is 0 Å². The van der Waals surface area contributed by atoms with Crippen molar-refractivity contribution in [3.05, 3.63) is 81.9 Å². The second-order valence-corrected chi connectivity index (χ2v) is 8.46. The zero-order valence-corrected chi connectivity index (χ0v) is 19.0. The van der Waals surface area contributed by atoms with Crippen molar-refractivity contribution >= 4 is 17.5 Å². The van der Waals surface area contributed by atoms with Crippen LogP contribution in [0.25, 0.3) is 0 Å². The van der Waals surface area contributed by atoms with Crippen LogP contribution >= 0.6 is 11.6 Å². The number of carbonyl (C=O) groups excluding carboxylic acids is 1. The summed E-state index contributed by atoms with van der Waals surface area (Å²) in [5, 5.41) is 5.11. The molecular weight excluding hydrogens is 431 g/mol. The lowest BCUT2D eigenvalue weighted by Crippen LogP contribution is -2.48. The molecule has 0 N–H and O–H groups in total. The maximum absolute atomic E-state index is 13.4. The number of amides is 1. The van der Waals surface area contributed by atoms with Gasteiger partial charge in [-0.05, 0) is 60.9 Å². The number of aromatic nitrogens is 2. The van der Waals surface area contributed by atoms with Crippen LogP contribution in [0.15, 0.2) is 48.7 Å². The molecule has 1 saturated heterocycles. The van der Waals surface area contributed by atoms with E-state index in [0.717, 1.165) is 34.8 Å². The molecular formula is C24H26ClFN4O2. The van der Waals surface area contributed by atoms with E-state index in [1.165, 1.54) is 6.07 Å². The van der Waals surface area contributed by atoms with Crippen LogP contribution in [-0.4, -0.2) is 51.7 Å². The van der Waals surface area contributed by atoms with Gasteiger partial charge in [-0.15, -0.1) is 0 Å². The number of hydrogen-bond donors (Lipinski definition) is 0. The average Bonchev–Trinajstić information content (AvgIpc) is 3.25. The lowest BCUT2D eigenvalue weighted by molar-refractivity contribution is 0.0620. The summed E-state index contributed by atoms with van der Waals surface area (Å²) in [6, 6.07) is 12.1. The largest absolute Gasteiger partial charge is 0.471 e. The summed E-state index contributed by atoms with van der Waals surface area (Å²) in [5.41, 5.74) is 3.24.